The van der Waals surface area contributed by atoms with Crippen LogP contribution in [0.3, 0.4) is 0 Å². The molecule has 1 amide bonds. The predicted molar refractivity (Wildman–Crippen MR) is 156 cm³/mol. The maximum atomic E-state index is 12.6. The molecular formula is C32H39N5O4. The molecule has 41 heavy (non-hydrogen) atoms. The maximum Gasteiger partial charge on any atom is 0.410 e. The molecule has 1 atom stereocenters. The van der Waals surface area contributed by atoms with Crippen molar-refractivity contribution in [1.82, 2.24) is 19.7 Å². The summed E-state index contributed by atoms with van der Waals surface area (Å²) in [7, 11) is 0. The van der Waals surface area contributed by atoms with Crippen molar-refractivity contribution in [3.8, 4) is 28.1 Å². The fourth-order valence-corrected chi connectivity index (χ4v) is 6.62. The highest BCUT2D eigenvalue weighted by atomic mass is 16.6. The molecule has 1 unspecified atom stereocenters. The topological polar surface area (TPSA) is 82.0 Å². The van der Waals surface area contributed by atoms with Crippen molar-refractivity contribution >= 4 is 11.9 Å². The van der Waals surface area contributed by atoms with E-state index in [1.54, 1.807) is 0 Å². The highest BCUT2D eigenvalue weighted by Crippen LogP contribution is 2.45. The van der Waals surface area contributed by atoms with Crippen LogP contribution in [-0.2, 0) is 16.1 Å². The van der Waals surface area contributed by atoms with Crippen LogP contribution >= 0.6 is 0 Å². The number of hydrogen-bond acceptors (Lipinski definition) is 7. The zero-order valence-corrected chi connectivity index (χ0v) is 24.3. The molecule has 1 spiro atoms. The molecule has 7 rings (SSSR count). The zero-order valence-electron chi connectivity index (χ0n) is 24.3. The Hall–Kier alpha value is -3.59. The average Bonchev–Trinajstić information content (AvgIpc) is 3.46. The lowest BCUT2D eigenvalue weighted by Crippen LogP contribution is -2.65. The quantitative estimate of drug-likeness (QED) is 0.380. The molecule has 0 N–H and O–H groups in total. The van der Waals surface area contributed by atoms with Crippen molar-refractivity contribution in [2.24, 2.45) is 0 Å². The minimum absolute atomic E-state index is 0.0358. The summed E-state index contributed by atoms with van der Waals surface area (Å²) >= 11 is 0. The third kappa shape index (κ3) is 4.94. The number of piperidine rings is 1. The van der Waals surface area contributed by atoms with E-state index < -0.39 is 5.60 Å². The number of carbonyl (C=O) groups is 1. The number of carbonyl (C=O) groups excluding carboxylic acids is 1. The van der Waals surface area contributed by atoms with E-state index >= 15 is 0 Å². The van der Waals surface area contributed by atoms with Gasteiger partial charge in [0, 0.05) is 49.1 Å². The molecule has 1 aromatic carbocycles. The number of fused-ring (bicyclic) bond motifs is 3. The summed E-state index contributed by atoms with van der Waals surface area (Å²) in [6, 6.07) is 10.8. The Labute approximate surface area is 241 Å². The minimum Gasteiger partial charge on any atom is -0.472 e. The Balaban J connectivity index is 1.05. The maximum absolute atomic E-state index is 12.6. The number of likely N-dealkylation sites (tertiary alicyclic amines) is 1. The van der Waals surface area contributed by atoms with E-state index in [-0.39, 0.29) is 17.9 Å². The number of pyridine rings is 1. The second-order valence-electron chi connectivity index (χ2n) is 12.8. The molecule has 216 valence electrons. The van der Waals surface area contributed by atoms with Crippen LogP contribution in [0.2, 0.25) is 0 Å². The second-order valence-corrected chi connectivity index (χ2v) is 12.8. The summed E-state index contributed by atoms with van der Waals surface area (Å²) in [4.78, 5) is 21.8. The number of rotatable bonds is 3. The van der Waals surface area contributed by atoms with Crippen molar-refractivity contribution < 1.29 is 19.0 Å². The lowest BCUT2D eigenvalue weighted by Gasteiger charge is -2.57. The van der Waals surface area contributed by atoms with E-state index in [2.05, 4.69) is 46.5 Å². The van der Waals surface area contributed by atoms with Crippen LogP contribution in [0.5, 0.6) is 5.88 Å². The molecule has 3 fully saturated rings. The van der Waals surface area contributed by atoms with Crippen molar-refractivity contribution in [3.05, 3.63) is 48.3 Å². The monoisotopic (exact) mass is 557 g/mol. The number of anilines is 1. The van der Waals surface area contributed by atoms with Gasteiger partial charge in [0.05, 0.1) is 6.20 Å². The van der Waals surface area contributed by atoms with Crippen LogP contribution in [0, 0.1) is 0 Å². The molecule has 0 saturated carbocycles. The van der Waals surface area contributed by atoms with Crippen molar-refractivity contribution in [1.29, 1.82) is 0 Å². The van der Waals surface area contributed by atoms with Gasteiger partial charge in [0.1, 0.15) is 24.3 Å². The van der Waals surface area contributed by atoms with Gasteiger partial charge >= 0.3 is 6.09 Å². The van der Waals surface area contributed by atoms with Gasteiger partial charge in [0.2, 0.25) is 5.88 Å². The van der Waals surface area contributed by atoms with Crippen LogP contribution in [0.1, 0.15) is 71.1 Å². The zero-order chi connectivity index (χ0) is 28.2. The molecule has 3 saturated heterocycles. The van der Waals surface area contributed by atoms with Crippen LogP contribution in [-0.4, -0.2) is 63.1 Å². The van der Waals surface area contributed by atoms with Gasteiger partial charge in [0.25, 0.3) is 0 Å². The number of benzene rings is 1. The SMILES string of the molecule is CC(C)(C)OC(=O)N1CCC2(CC1)CCN2c1ccc2c(n1)OCc1cc(-c3cnn(C4CCCCO4)c3)ccc1-2. The van der Waals surface area contributed by atoms with Gasteiger partial charge in [-0.3, -0.25) is 0 Å². The summed E-state index contributed by atoms with van der Waals surface area (Å²) in [5.41, 5.74) is 5.14. The lowest BCUT2D eigenvalue weighted by molar-refractivity contribution is -0.0394. The first-order chi connectivity index (χ1) is 19.8. The van der Waals surface area contributed by atoms with E-state index in [4.69, 9.17) is 19.2 Å². The normalized spacial score (nSPS) is 21.5. The first-order valence-electron chi connectivity index (χ1n) is 15.0. The smallest absolute Gasteiger partial charge is 0.410 e. The largest absolute Gasteiger partial charge is 0.472 e. The van der Waals surface area contributed by atoms with Crippen LogP contribution in [0.15, 0.2) is 42.7 Å². The molecule has 0 aliphatic carbocycles. The fourth-order valence-electron chi connectivity index (χ4n) is 6.62. The molecule has 0 radical (unpaired) electrons. The first kappa shape index (κ1) is 26.3. The van der Waals surface area contributed by atoms with E-state index in [1.165, 1.54) is 12.0 Å². The number of nitrogens with zero attached hydrogens (tertiary/aromatic N) is 5. The van der Waals surface area contributed by atoms with Crippen molar-refractivity contribution in [3.63, 3.8) is 0 Å². The van der Waals surface area contributed by atoms with E-state index in [0.717, 1.165) is 73.3 Å². The molecule has 4 aliphatic heterocycles. The van der Waals surface area contributed by atoms with Gasteiger partial charge in [-0.15, -0.1) is 0 Å². The standard InChI is InChI=1S/C32H39N5O4/c1-31(2,3)41-30(38)35-14-11-32(12-15-35)13-16-36(32)27-10-9-26-25-8-7-22(18-23(25)21-40-29(26)34-27)24-19-33-37(20-24)28-6-4-5-17-39-28/h7-10,18-20,28H,4-6,11-17,21H2,1-3H3. The van der Waals surface area contributed by atoms with Crippen LogP contribution in [0.4, 0.5) is 10.6 Å². The Kier molecular flexibility index (Phi) is 6.45. The Morgan fingerprint density at radius 3 is 2.56 bits per heavy atom. The number of amides is 1. The Bertz CT molecular complexity index is 1450. The van der Waals surface area contributed by atoms with Crippen molar-refractivity contribution in [2.45, 2.75) is 83.3 Å². The molecule has 3 aromatic rings. The number of ether oxygens (including phenoxy) is 3. The van der Waals surface area contributed by atoms with Gasteiger partial charge in [0.15, 0.2) is 0 Å². The molecule has 2 aromatic heterocycles. The van der Waals surface area contributed by atoms with Gasteiger partial charge in [-0.2, -0.15) is 10.1 Å². The Morgan fingerprint density at radius 2 is 1.83 bits per heavy atom. The minimum atomic E-state index is -0.477. The summed E-state index contributed by atoms with van der Waals surface area (Å²) in [6.07, 6.45) is 10.1. The molecule has 9 nitrogen and oxygen atoms in total. The highest BCUT2D eigenvalue weighted by molar-refractivity contribution is 5.78. The highest BCUT2D eigenvalue weighted by Gasteiger charge is 2.48. The second kappa shape index (κ2) is 10.0. The van der Waals surface area contributed by atoms with E-state index in [9.17, 15) is 4.79 Å². The third-order valence-electron chi connectivity index (χ3n) is 8.99. The summed E-state index contributed by atoms with van der Waals surface area (Å²) in [5, 5.41) is 4.59. The van der Waals surface area contributed by atoms with Gasteiger partial charge in [-0.05, 0) is 94.2 Å². The van der Waals surface area contributed by atoms with Crippen molar-refractivity contribution in [2.75, 3.05) is 31.1 Å². The van der Waals surface area contributed by atoms with Crippen LogP contribution < -0.4 is 9.64 Å². The third-order valence-corrected chi connectivity index (χ3v) is 8.99. The summed E-state index contributed by atoms with van der Waals surface area (Å²) in [5.74, 6) is 1.65. The molecule has 6 heterocycles. The van der Waals surface area contributed by atoms with E-state index in [0.29, 0.717) is 25.6 Å². The average molecular weight is 558 g/mol. The predicted octanol–water partition coefficient (Wildman–Crippen LogP) is 6.18. The number of hydrogen-bond donors (Lipinski definition) is 0. The molecular weight excluding hydrogens is 518 g/mol. The summed E-state index contributed by atoms with van der Waals surface area (Å²) < 4.78 is 19.7. The number of aromatic nitrogens is 3. The van der Waals surface area contributed by atoms with Gasteiger partial charge < -0.3 is 24.0 Å². The lowest BCUT2D eigenvalue weighted by atomic mass is 9.76. The Morgan fingerprint density at radius 1 is 1.02 bits per heavy atom. The van der Waals surface area contributed by atoms with Gasteiger partial charge in [-0.25, -0.2) is 9.48 Å². The first-order valence-corrected chi connectivity index (χ1v) is 15.0. The molecule has 9 heteroatoms. The molecule has 4 aliphatic rings. The summed E-state index contributed by atoms with van der Waals surface area (Å²) in [6.45, 7) is 9.40. The molecule has 0 bridgehead atoms. The fraction of sp³-hybridized carbons (Fsp3) is 0.531. The van der Waals surface area contributed by atoms with E-state index in [1.807, 2.05) is 36.5 Å². The van der Waals surface area contributed by atoms with Gasteiger partial charge in [-0.1, -0.05) is 12.1 Å². The van der Waals surface area contributed by atoms with Crippen LogP contribution in [0.25, 0.3) is 22.3 Å².